The second kappa shape index (κ2) is 9.07. The first-order chi connectivity index (χ1) is 13.1. The van der Waals surface area contributed by atoms with Crippen molar-refractivity contribution in [1.82, 2.24) is 19.4 Å². The molecule has 7 nitrogen and oxygen atoms in total. The first-order valence-corrected chi connectivity index (χ1v) is 11.0. The average Bonchev–Trinajstić information content (AvgIpc) is 2.89. The summed E-state index contributed by atoms with van der Waals surface area (Å²) in [7, 11) is -3.49. The topological polar surface area (TPSA) is 84.3 Å². The zero-order valence-corrected chi connectivity index (χ0v) is 18.4. The number of carbonyl (C=O) groups is 1. The van der Waals surface area contributed by atoms with Gasteiger partial charge in [-0.05, 0) is 38.5 Å². The fourth-order valence-corrected chi connectivity index (χ4v) is 4.57. The molecule has 9 heteroatoms. The first-order valence-electron chi connectivity index (χ1n) is 9.20. The summed E-state index contributed by atoms with van der Waals surface area (Å²) in [4.78, 5) is 12.6. The molecule has 1 aromatic heterocycles. The molecule has 1 heterocycles. The lowest BCUT2D eigenvalue weighted by atomic mass is 10.1. The van der Waals surface area contributed by atoms with Gasteiger partial charge in [0.15, 0.2) is 0 Å². The standard InChI is InChI=1S/C19H27ClN4O3S/c1-6-23(7-2)28(26,27)17-10-8-16(9-11-17)13(3)21-18(25)12-24-15(5)19(20)14(4)22-24/h8-11,13H,6-7,12H2,1-5H3,(H,21,25). The van der Waals surface area contributed by atoms with E-state index in [4.69, 9.17) is 11.6 Å². The number of nitrogens with one attached hydrogen (secondary N) is 1. The summed E-state index contributed by atoms with van der Waals surface area (Å²) < 4.78 is 28.1. The van der Waals surface area contributed by atoms with Gasteiger partial charge in [-0.25, -0.2) is 8.42 Å². The summed E-state index contributed by atoms with van der Waals surface area (Å²) in [6.07, 6.45) is 0. The minimum atomic E-state index is -3.49. The van der Waals surface area contributed by atoms with Crippen LogP contribution in [0.2, 0.25) is 5.02 Å². The second-order valence-electron chi connectivity index (χ2n) is 6.59. The molecule has 154 valence electrons. The summed E-state index contributed by atoms with van der Waals surface area (Å²) in [5, 5.41) is 7.72. The number of amides is 1. The maximum atomic E-state index is 12.6. The predicted octanol–water partition coefficient (Wildman–Crippen LogP) is 3.06. The molecule has 0 spiro atoms. The number of nitrogens with zero attached hydrogens (tertiary/aromatic N) is 3. The van der Waals surface area contributed by atoms with Crippen LogP contribution in [0.3, 0.4) is 0 Å². The lowest BCUT2D eigenvalue weighted by Gasteiger charge is -2.19. The number of hydrogen-bond donors (Lipinski definition) is 1. The quantitative estimate of drug-likeness (QED) is 0.703. The van der Waals surface area contributed by atoms with Crippen molar-refractivity contribution in [3.8, 4) is 0 Å². The molecule has 28 heavy (non-hydrogen) atoms. The van der Waals surface area contributed by atoms with Gasteiger partial charge in [0.1, 0.15) is 6.54 Å². The molecule has 1 atom stereocenters. The van der Waals surface area contributed by atoms with E-state index in [1.165, 1.54) is 4.31 Å². The summed E-state index contributed by atoms with van der Waals surface area (Å²) in [6.45, 7) is 9.98. The highest BCUT2D eigenvalue weighted by Crippen LogP contribution is 2.20. The van der Waals surface area contributed by atoms with Crippen LogP contribution in [-0.2, 0) is 21.4 Å². The Morgan fingerprint density at radius 1 is 1.21 bits per heavy atom. The fourth-order valence-electron chi connectivity index (χ4n) is 2.98. The molecule has 2 rings (SSSR count). The number of halogens is 1. The van der Waals surface area contributed by atoms with E-state index in [2.05, 4.69) is 10.4 Å². The van der Waals surface area contributed by atoms with Crippen molar-refractivity contribution in [1.29, 1.82) is 0 Å². The third-order valence-corrected chi connectivity index (χ3v) is 7.30. The van der Waals surface area contributed by atoms with E-state index in [9.17, 15) is 13.2 Å². The number of sulfonamides is 1. The van der Waals surface area contributed by atoms with E-state index < -0.39 is 10.0 Å². The molecule has 0 aliphatic heterocycles. The van der Waals surface area contributed by atoms with Gasteiger partial charge in [0.25, 0.3) is 0 Å². The van der Waals surface area contributed by atoms with Crippen molar-refractivity contribution in [3.05, 3.63) is 46.2 Å². The molecule has 2 aromatic rings. The lowest BCUT2D eigenvalue weighted by Crippen LogP contribution is -2.31. The Hall–Kier alpha value is -1.90. The second-order valence-corrected chi connectivity index (χ2v) is 8.91. The van der Waals surface area contributed by atoms with E-state index >= 15 is 0 Å². The zero-order valence-electron chi connectivity index (χ0n) is 16.9. The maximum Gasteiger partial charge on any atom is 0.243 e. The molecular formula is C19H27ClN4O3S. The molecule has 0 fully saturated rings. The fraction of sp³-hybridized carbons (Fsp3) is 0.474. The normalized spacial score (nSPS) is 13.0. The third kappa shape index (κ3) is 4.74. The van der Waals surface area contributed by atoms with Gasteiger partial charge < -0.3 is 5.32 Å². The third-order valence-electron chi connectivity index (χ3n) is 4.69. The van der Waals surface area contributed by atoms with E-state index in [0.29, 0.717) is 23.8 Å². The number of carbonyl (C=O) groups excluding carboxylic acids is 1. The van der Waals surface area contributed by atoms with Crippen molar-refractivity contribution in [2.45, 2.75) is 52.1 Å². The highest BCUT2D eigenvalue weighted by molar-refractivity contribution is 7.89. The highest BCUT2D eigenvalue weighted by atomic mass is 35.5. The van der Waals surface area contributed by atoms with Crippen molar-refractivity contribution in [3.63, 3.8) is 0 Å². The van der Waals surface area contributed by atoms with Crippen LogP contribution in [0.5, 0.6) is 0 Å². The van der Waals surface area contributed by atoms with Gasteiger partial charge in [-0.3, -0.25) is 9.48 Å². The predicted molar refractivity (Wildman–Crippen MR) is 110 cm³/mol. The Morgan fingerprint density at radius 3 is 2.25 bits per heavy atom. The van der Waals surface area contributed by atoms with E-state index in [1.54, 1.807) is 35.9 Å². The molecule has 0 bridgehead atoms. The van der Waals surface area contributed by atoms with Crippen LogP contribution in [0.15, 0.2) is 29.2 Å². The average molecular weight is 427 g/mol. The van der Waals surface area contributed by atoms with Crippen LogP contribution in [0.1, 0.15) is 43.8 Å². The summed E-state index contributed by atoms with van der Waals surface area (Å²) in [6, 6.07) is 6.33. The maximum absolute atomic E-state index is 12.6. The summed E-state index contributed by atoms with van der Waals surface area (Å²) >= 11 is 6.11. The molecular weight excluding hydrogens is 400 g/mol. The van der Waals surface area contributed by atoms with Crippen molar-refractivity contribution < 1.29 is 13.2 Å². The Kier molecular flexibility index (Phi) is 7.25. The van der Waals surface area contributed by atoms with Gasteiger partial charge in [-0.2, -0.15) is 9.40 Å². The number of hydrogen-bond acceptors (Lipinski definition) is 4. The van der Waals surface area contributed by atoms with Gasteiger partial charge in [-0.15, -0.1) is 0 Å². The Labute approximate surface area is 171 Å². The zero-order chi connectivity index (χ0) is 21.1. The molecule has 0 saturated heterocycles. The number of aromatic nitrogens is 2. The lowest BCUT2D eigenvalue weighted by molar-refractivity contribution is -0.122. The summed E-state index contributed by atoms with van der Waals surface area (Å²) in [5.74, 6) is -0.199. The monoisotopic (exact) mass is 426 g/mol. The Balaban J connectivity index is 2.07. The molecule has 0 radical (unpaired) electrons. The molecule has 0 saturated carbocycles. The SMILES string of the molecule is CCN(CC)S(=O)(=O)c1ccc(C(C)NC(=O)Cn2nc(C)c(Cl)c2C)cc1. The molecule has 1 unspecified atom stereocenters. The Morgan fingerprint density at radius 2 is 1.79 bits per heavy atom. The van der Waals surface area contributed by atoms with Gasteiger partial charge in [0.05, 0.1) is 27.3 Å². The minimum Gasteiger partial charge on any atom is -0.348 e. The van der Waals surface area contributed by atoms with Gasteiger partial charge in [0.2, 0.25) is 15.9 Å². The Bertz CT molecular complexity index is 935. The summed E-state index contributed by atoms with van der Waals surface area (Å²) in [5.41, 5.74) is 2.25. The molecule has 0 aliphatic rings. The molecule has 1 N–H and O–H groups in total. The largest absolute Gasteiger partial charge is 0.348 e. The van der Waals surface area contributed by atoms with E-state index in [0.717, 1.165) is 11.3 Å². The molecule has 1 aromatic carbocycles. The van der Waals surface area contributed by atoms with Crippen LogP contribution in [0.4, 0.5) is 0 Å². The first kappa shape index (κ1) is 22.4. The van der Waals surface area contributed by atoms with Crippen LogP contribution >= 0.6 is 11.6 Å². The highest BCUT2D eigenvalue weighted by Gasteiger charge is 2.22. The van der Waals surface area contributed by atoms with Crippen molar-refractivity contribution in [2.75, 3.05) is 13.1 Å². The van der Waals surface area contributed by atoms with E-state index in [-0.39, 0.29) is 23.4 Å². The van der Waals surface area contributed by atoms with E-state index in [1.807, 2.05) is 27.7 Å². The van der Waals surface area contributed by atoms with Crippen LogP contribution in [-0.4, -0.2) is 41.5 Å². The molecule has 1 amide bonds. The minimum absolute atomic E-state index is 0.0676. The number of benzene rings is 1. The van der Waals surface area contributed by atoms with Crippen molar-refractivity contribution in [2.24, 2.45) is 0 Å². The smallest absolute Gasteiger partial charge is 0.243 e. The van der Waals surface area contributed by atoms with Crippen LogP contribution < -0.4 is 5.32 Å². The number of rotatable bonds is 8. The van der Waals surface area contributed by atoms with Crippen molar-refractivity contribution >= 4 is 27.5 Å². The van der Waals surface area contributed by atoms with Gasteiger partial charge in [-0.1, -0.05) is 37.6 Å². The van der Waals surface area contributed by atoms with Crippen LogP contribution in [0.25, 0.3) is 0 Å². The van der Waals surface area contributed by atoms with Gasteiger partial charge >= 0.3 is 0 Å². The molecule has 0 aliphatic carbocycles. The van der Waals surface area contributed by atoms with Gasteiger partial charge in [0, 0.05) is 13.1 Å². The van der Waals surface area contributed by atoms with Crippen LogP contribution in [0, 0.1) is 13.8 Å². The number of aryl methyl sites for hydroxylation is 1.